The van der Waals surface area contributed by atoms with E-state index in [0.29, 0.717) is 5.56 Å². The maximum atomic E-state index is 11.8. The summed E-state index contributed by atoms with van der Waals surface area (Å²) in [5, 5.41) is 0. The lowest BCUT2D eigenvalue weighted by molar-refractivity contribution is 0.0827. The average molecular weight is 283 g/mol. The van der Waals surface area contributed by atoms with Crippen LogP contribution in [0.1, 0.15) is 23.7 Å². The predicted octanol–water partition coefficient (Wildman–Crippen LogP) is 3.84. The van der Waals surface area contributed by atoms with E-state index in [1.54, 1.807) is 19.0 Å². The van der Waals surface area contributed by atoms with Gasteiger partial charge < -0.3 is 9.64 Å². The van der Waals surface area contributed by atoms with Crippen molar-refractivity contribution < 1.29 is 9.53 Å². The van der Waals surface area contributed by atoms with Crippen molar-refractivity contribution in [2.24, 2.45) is 0 Å². The lowest BCUT2D eigenvalue weighted by Crippen LogP contribution is -2.21. The highest BCUT2D eigenvalue weighted by Crippen LogP contribution is 2.23. The molecule has 0 bridgehead atoms. The summed E-state index contributed by atoms with van der Waals surface area (Å²) in [5.41, 5.74) is 2.90. The van der Waals surface area contributed by atoms with Gasteiger partial charge in [-0.3, -0.25) is 4.79 Å². The van der Waals surface area contributed by atoms with Crippen molar-refractivity contribution in [3.05, 3.63) is 54.1 Å². The number of nitrogens with zero attached hydrogens (tertiary/aromatic N) is 1. The van der Waals surface area contributed by atoms with Gasteiger partial charge in [0.05, 0.1) is 6.61 Å². The van der Waals surface area contributed by atoms with E-state index >= 15 is 0 Å². The van der Waals surface area contributed by atoms with E-state index in [1.165, 1.54) is 0 Å². The van der Waals surface area contributed by atoms with Gasteiger partial charge in [-0.2, -0.15) is 0 Å². The molecule has 0 heterocycles. The third kappa shape index (κ3) is 3.85. The van der Waals surface area contributed by atoms with E-state index in [0.717, 1.165) is 29.9 Å². The minimum Gasteiger partial charge on any atom is -0.494 e. The van der Waals surface area contributed by atoms with Gasteiger partial charge in [0.25, 0.3) is 5.91 Å². The Kier molecular flexibility index (Phi) is 4.99. The zero-order valence-corrected chi connectivity index (χ0v) is 12.8. The normalized spacial score (nSPS) is 10.2. The Bertz CT molecular complexity index is 586. The van der Waals surface area contributed by atoms with Crippen LogP contribution in [0.3, 0.4) is 0 Å². The Morgan fingerprint density at radius 2 is 1.48 bits per heavy atom. The summed E-state index contributed by atoms with van der Waals surface area (Å²) in [6.07, 6.45) is 1.00. The van der Waals surface area contributed by atoms with Gasteiger partial charge in [-0.25, -0.2) is 0 Å². The molecule has 0 aliphatic rings. The van der Waals surface area contributed by atoms with Gasteiger partial charge in [0.1, 0.15) is 5.75 Å². The first kappa shape index (κ1) is 15.1. The smallest absolute Gasteiger partial charge is 0.253 e. The molecule has 0 saturated heterocycles. The monoisotopic (exact) mass is 283 g/mol. The Hall–Kier alpha value is -2.29. The number of ether oxygens (including phenoxy) is 1. The molecule has 1 amide bonds. The van der Waals surface area contributed by atoms with Gasteiger partial charge in [-0.15, -0.1) is 0 Å². The van der Waals surface area contributed by atoms with Crippen LogP contribution in [0.15, 0.2) is 48.5 Å². The Morgan fingerprint density at radius 3 is 1.95 bits per heavy atom. The summed E-state index contributed by atoms with van der Waals surface area (Å²) in [5.74, 6) is 0.907. The lowest BCUT2D eigenvalue weighted by atomic mass is 10.0. The molecule has 0 aliphatic heterocycles. The zero-order chi connectivity index (χ0) is 15.2. The van der Waals surface area contributed by atoms with Crippen molar-refractivity contribution in [2.75, 3.05) is 20.7 Å². The highest BCUT2D eigenvalue weighted by atomic mass is 16.5. The molecule has 2 rings (SSSR count). The molecule has 0 aromatic heterocycles. The first-order chi connectivity index (χ1) is 10.1. The number of hydrogen-bond donors (Lipinski definition) is 0. The molecule has 0 N–H and O–H groups in total. The third-order valence-corrected chi connectivity index (χ3v) is 3.20. The second-order valence-electron chi connectivity index (χ2n) is 5.15. The number of carbonyl (C=O) groups excluding carboxylic acids is 1. The number of rotatable bonds is 5. The number of benzene rings is 2. The first-order valence-electron chi connectivity index (χ1n) is 7.16. The van der Waals surface area contributed by atoms with Crippen LogP contribution >= 0.6 is 0 Å². The number of hydrogen-bond acceptors (Lipinski definition) is 2. The Morgan fingerprint density at radius 1 is 0.952 bits per heavy atom. The second-order valence-corrected chi connectivity index (χ2v) is 5.15. The van der Waals surface area contributed by atoms with Crippen molar-refractivity contribution >= 4 is 5.91 Å². The van der Waals surface area contributed by atoms with Crippen LogP contribution in [0.5, 0.6) is 5.75 Å². The standard InChI is InChI=1S/C18H21NO2/c1-4-13-21-17-11-9-15(10-12-17)14-5-7-16(8-6-14)18(20)19(2)3/h5-12H,4,13H2,1-3H3. The molecule has 0 atom stereocenters. The molecule has 3 nitrogen and oxygen atoms in total. The molecular formula is C18H21NO2. The SMILES string of the molecule is CCCOc1ccc(-c2ccc(C(=O)N(C)C)cc2)cc1. The predicted molar refractivity (Wildman–Crippen MR) is 85.7 cm³/mol. The van der Waals surface area contributed by atoms with Crippen LogP contribution in [0, 0.1) is 0 Å². The molecule has 0 radical (unpaired) electrons. The van der Waals surface area contributed by atoms with Crippen molar-refractivity contribution in [1.29, 1.82) is 0 Å². The largest absolute Gasteiger partial charge is 0.494 e. The van der Waals surface area contributed by atoms with Crippen molar-refractivity contribution in [2.45, 2.75) is 13.3 Å². The average Bonchev–Trinajstić information content (AvgIpc) is 2.53. The number of amides is 1. The van der Waals surface area contributed by atoms with Crippen LogP contribution in [-0.2, 0) is 0 Å². The molecule has 0 spiro atoms. The van der Waals surface area contributed by atoms with Crippen molar-refractivity contribution in [3.8, 4) is 16.9 Å². The van der Waals surface area contributed by atoms with Crippen LogP contribution in [0.25, 0.3) is 11.1 Å². The quantitative estimate of drug-likeness (QED) is 0.834. The van der Waals surface area contributed by atoms with E-state index in [-0.39, 0.29) is 5.91 Å². The summed E-state index contributed by atoms with van der Waals surface area (Å²) in [7, 11) is 3.51. The fraction of sp³-hybridized carbons (Fsp3) is 0.278. The van der Waals surface area contributed by atoms with Gasteiger partial charge >= 0.3 is 0 Å². The Balaban J connectivity index is 2.13. The molecule has 0 fully saturated rings. The second kappa shape index (κ2) is 6.93. The molecule has 2 aromatic carbocycles. The maximum absolute atomic E-state index is 11.8. The summed E-state index contributed by atoms with van der Waals surface area (Å²) in [6, 6.07) is 15.7. The Labute approximate surface area is 126 Å². The van der Waals surface area contributed by atoms with Gasteiger partial charge in [-0.05, 0) is 41.8 Å². The fourth-order valence-electron chi connectivity index (χ4n) is 2.03. The molecule has 3 heteroatoms. The van der Waals surface area contributed by atoms with E-state index in [1.807, 2.05) is 48.5 Å². The first-order valence-corrected chi connectivity index (χ1v) is 7.16. The fourth-order valence-corrected chi connectivity index (χ4v) is 2.03. The van der Waals surface area contributed by atoms with Gasteiger partial charge in [0.15, 0.2) is 0 Å². The van der Waals surface area contributed by atoms with Gasteiger partial charge in [0, 0.05) is 19.7 Å². The minimum atomic E-state index is 0.0184. The van der Waals surface area contributed by atoms with E-state index in [9.17, 15) is 4.79 Å². The molecule has 0 aliphatic carbocycles. The van der Waals surface area contributed by atoms with Crippen molar-refractivity contribution in [3.63, 3.8) is 0 Å². The minimum absolute atomic E-state index is 0.0184. The molecule has 0 saturated carbocycles. The number of carbonyl (C=O) groups is 1. The van der Waals surface area contributed by atoms with E-state index in [2.05, 4.69) is 6.92 Å². The molecular weight excluding hydrogens is 262 g/mol. The van der Waals surface area contributed by atoms with Gasteiger partial charge in [0.2, 0.25) is 0 Å². The van der Waals surface area contributed by atoms with Crippen LogP contribution in [0.4, 0.5) is 0 Å². The third-order valence-electron chi connectivity index (χ3n) is 3.20. The van der Waals surface area contributed by atoms with Crippen LogP contribution < -0.4 is 4.74 Å². The molecule has 110 valence electrons. The van der Waals surface area contributed by atoms with Crippen LogP contribution in [-0.4, -0.2) is 31.5 Å². The van der Waals surface area contributed by atoms with Crippen LogP contribution in [0.2, 0.25) is 0 Å². The summed E-state index contributed by atoms with van der Waals surface area (Å²) in [6.45, 7) is 2.83. The molecule has 2 aromatic rings. The summed E-state index contributed by atoms with van der Waals surface area (Å²) < 4.78 is 5.57. The summed E-state index contributed by atoms with van der Waals surface area (Å²) >= 11 is 0. The zero-order valence-electron chi connectivity index (χ0n) is 12.8. The summed E-state index contributed by atoms with van der Waals surface area (Å²) in [4.78, 5) is 13.4. The topological polar surface area (TPSA) is 29.5 Å². The molecule has 21 heavy (non-hydrogen) atoms. The van der Waals surface area contributed by atoms with E-state index < -0.39 is 0 Å². The highest BCUT2D eigenvalue weighted by Gasteiger charge is 2.07. The highest BCUT2D eigenvalue weighted by molar-refractivity contribution is 5.94. The van der Waals surface area contributed by atoms with Crippen molar-refractivity contribution in [1.82, 2.24) is 4.90 Å². The van der Waals surface area contributed by atoms with E-state index in [4.69, 9.17) is 4.74 Å². The molecule has 0 unspecified atom stereocenters. The lowest BCUT2D eigenvalue weighted by Gasteiger charge is -2.11. The maximum Gasteiger partial charge on any atom is 0.253 e. The van der Waals surface area contributed by atoms with Gasteiger partial charge in [-0.1, -0.05) is 31.2 Å².